The van der Waals surface area contributed by atoms with E-state index in [4.69, 9.17) is 5.53 Å². The molecule has 0 atom stereocenters. The van der Waals surface area contributed by atoms with Crippen LogP contribution in [0.3, 0.4) is 0 Å². The first kappa shape index (κ1) is 13.5. The minimum atomic E-state index is -0.678. The Morgan fingerprint density at radius 1 is 1.13 bits per heavy atom. The fourth-order valence-corrected chi connectivity index (χ4v) is 0.988. The van der Waals surface area contributed by atoms with Crippen LogP contribution >= 0.6 is 0 Å². The van der Waals surface area contributed by atoms with Gasteiger partial charge in [0.15, 0.2) is 0 Å². The van der Waals surface area contributed by atoms with Crippen molar-refractivity contribution in [2.45, 2.75) is 32.7 Å². The van der Waals surface area contributed by atoms with E-state index in [1.807, 2.05) is 0 Å². The summed E-state index contributed by atoms with van der Waals surface area (Å²) in [5.74, 6) is -0.911. The first-order valence-corrected chi connectivity index (χ1v) is 4.81. The summed E-state index contributed by atoms with van der Waals surface area (Å²) in [4.78, 5) is 22.1. The number of hydrogen-bond donors (Lipinski definition) is 1. The molecule has 0 unspecified atom stereocenters. The van der Waals surface area contributed by atoms with Crippen LogP contribution in [0.4, 0.5) is 0 Å². The molecule has 0 saturated carbocycles. The summed E-state index contributed by atoms with van der Waals surface area (Å²) >= 11 is 0. The molecule has 0 radical (unpaired) electrons. The van der Waals surface area contributed by atoms with Gasteiger partial charge in [-0.3, -0.25) is 9.59 Å². The highest BCUT2D eigenvalue weighted by atomic mass is 16.5. The van der Waals surface area contributed by atoms with Crippen molar-refractivity contribution in [1.29, 1.82) is 5.53 Å². The molecule has 0 aromatic heterocycles. The van der Waals surface area contributed by atoms with Crippen LogP contribution in [0.25, 0.3) is 0 Å². The molecular weight excluding hydrogens is 200 g/mol. The van der Waals surface area contributed by atoms with Crippen LogP contribution in [-0.2, 0) is 19.1 Å². The minimum Gasteiger partial charge on any atom is -0.466 e. The molecule has 6 heteroatoms. The fourth-order valence-electron chi connectivity index (χ4n) is 0.988. The van der Waals surface area contributed by atoms with E-state index in [0.29, 0.717) is 0 Å². The predicted molar refractivity (Wildman–Crippen MR) is 51.4 cm³/mol. The molecule has 0 rings (SSSR count). The summed E-state index contributed by atoms with van der Waals surface area (Å²) in [6, 6.07) is -0.678. The van der Waals surface area contributed by atoms with E-state index < -0.39 is 18.0 Å². The number of nitrogens with zero attached hydrogens (tertiary/aromatic N) is 1. The van der Waals surface area contributed by atoms with E-state index in [9.17, 15) is 9.59 Å². The van der Waals surface area contributed by atoms with Crippen LogP contribution in [0.2, 0.25) is 0 Å². The maximum Gasteiger partial charge on any atom is 0.308 e. The number of carbonyl (C=O) groups excluding carboxylic acids is 2. The lowest BCUT2D eigenvalue weighted by molar-refractivity contribution is -0.145. The molecule has 86 valence electrons. The largest absolute Gasteiger partial charge is 0.466 e. The molecule has 0 aromatic carbocycles. The Morgan fingerprint density at radius 2 is 1.53 bits per heavy atom. The molecule has 1 N–H and O–H groups in total. The summed E-state index contributed by atoms with van der Waals surface area (Å²) in [5.41, 5.74) is 6.82. The van der Waals surface area contributed by atoms with Gasteiger partial charge in [-0.25, -0.2) is 5.53 Å². The van der Waals surface area contributed by atoms with Crippen LogP contribution < -0.4 is 0 Å². The zero-order chi connectivity index (χ0) is 11.7. The van der Waals surface area contributed by atoms with Gasteiger partial charge in [0.05, 0.1) is 32.1 Å². The molecular formula is C9H16N2O4. The molecule has 0 aromatic rings. The van der Waals surface area contributed by atoms with E-state index in [-0.39, 0.29) is 26.1 Å². The van der Waals surface area contributed by atoms with Gasteiger partial charge in [0, 0.05) is 0 Å². The van der Waals surface area contributed by atoms with Crippen molar-refractivity contribution >= 4 is 11.9 Å². The number of esters is 2. The highest BCUT2D eigenvalue weighted by Crippen LogP contribution is 2.06. The van der Waals surface area contributed by atoms with Crippen molar-refractivity contribution in [2.24, 2.45) is 5.11 Å². The average Bonchev–Trinajstić information content (AvgIpc) is 2.17. The van der Waals surface area contributed by atoms with Crippen LogP contribution in [0.1, 0.15) is 26.7 Å². The number of nitrogens with one attached hydrogen (secondary N) is 1. The Kier molecular flexibility index (Phi) is 7.13. The summed E-state index contributed by atoms with van der Waals surface area (Å²) in [5, 5.41) is 3.18. The summed E-state index contributed by atoms with van der Waals surface area (Å²) < 4.78 is 9.36. The first-order valence-electron chi connectivity index (χ1n) is 4.81. The monoisotopic (exact) mass is 216 g/mol. The highest BCUT2D eigenvalue weighted by molar-refractivity contribution is 5.74. The molecule has 0 saturated heterocycles. The van der Waals surface area contributed by atoms with Gasteiger partial charge in [-0.15, -0.1) is 0 Å². The van der Waals surface area contributed by atoms with Gasteiger partial charge in [-0.05, 0) is 13.8 Å². The fraction of sp³-hybridized carbons (Fsp3) is 0.778. The molecule has 0 bridgehead atoms. The zero-order valence-electron chi connectivity index (χ0n) is 8.99. The van der Waals surface area contributed by atoms with E-state index in [0.717, 1.165) is 0 Å². The lowest BCUT2D eigenvalue weighted by atomic mass is 10.1. The lowest BCUT2D eigenvalue weighted by Gasteiger charge is -2.08. The molecule has 0 fully saturated rings. The van der Waals surface area contributed by atoms with Crippen molar-refractivity contribution < 1.29 is 19.1 Å². The summed E-state index contributed by atoms with van der Waals surface area (Å²) in [6.45, 7) is 3.94. The van der Waals surface area contributed by atoms with E-state index in [1.165, 1.54) is 0 Å². The predicted octanol–water partition coefficient (Wildman–Crippen LogP) is 1.29. The smallest absolute Gasteiger partial charge is 0.308 e. The van der Waals surface area contributed by atoms with Crippen molar-refractivity contribution in [3.8, 4) is 0 Å². The number of ether oxygens (including phenoxy) is 2. The third-order valence-corrected chi connectivity index (χ3v) is 1.60. The first-order chi connectivity index (χ1) is 7.13. The Balaban J connectivity index is 3.97. The Morgan fingerprint density at radius 3 is 1.80 bits per heavy atom. The van der Waals surface area contributed by atoms with Crippen LogP contribution in [0.15, 0.2) is 5.11 Å². The average molecular weight is 216 g/mol. The Bertz CT molecular complexity index is 210. The summed E-state index contributed by atoms with van der Waals surface area (Å²) in [7, 11) is 0. The molecule has 0 heterocycles. The zero-order valence-corrected chi connectivity index (χ0v) is 8.99. The van der Waals surface area contributed by atoms with Crippen molar-refractivity contribution in [3.05, 3.63) is 0 Å². The molecule has 0 amide bonds. The SMILES string of the molecule is CCOC(=O)CC(CC(=O)OCC)N=N. The van der Waals surface area contributed by atoms with Crippen molar-refractivity contribution in [2.75, 3.05) is 13.2 Å². The van der Waals surface area contributed by atoms with E-state index in [1.54, 1.807) is 13.8 Å². The Labute approximate surface area is 88.4 Å². The summed E-state index contributed by atoms with van der Waals surface area (Å²) in [6.07, 6.45) is -0.119. The van der Waals surface area contributed by atoms with Gasteiger partial charge in [-0.1, -0.05) is 0 Å². The molecule has 0 spiro atoms. The van der Waals surface area contributed by atoms with E-state index in [2.05, 4.69) is 14.6 Å². The maximum absolute atomic E-state index is 11.0. The maximum atomic E-state index is 11.0. The third-order valence-electron chi connectivity index (χ3n) is 1.60. The van der Waals surface area contributed by atoms with Crippen molar-refractivity contribution in [3.63, 3.8) is 0 Å². The molecule has 0 aliphatic rings. The molecule has 6 nitrogen and oxygen atoms in total. The molecule has 0 aliphatic heterocycles. The number of rotatable bonds is 7. The number of carbonyl (C=O) groups is 2. The molecule has 15 heavy (non-hydrogen) atoms. The van der Waals surface area contributed by atoms with Gasteiger partial charge in [-0.2, -0.15) is 5.11 Å². The van der Waals surface area contributed by atoms with Gasteiger partial charge >= 0.3 is 11.9 Å². The highest BCUT2D eigenvalue weighted by Gasteiger charge is 2.18. The van der Waals surface area contributed by atoms with Crippen LogP contribution in [0, 0.1) is 5.53 Å². The van der Waals surface area contributed by atoms with Crippen LogP contribution in [0.5, 0.6) is 0 Å². The normalized spacial score (nSPS) is 9.80. The van der Waals surface area contributed by atoms with E-state index >= 15 is 0 Å². The van der Waals surface area contributed by atoms with Gasteiger partial charge in [0.25, 0.3) is 0 Å². The quantitative estimate of drug-likeness (QED) is 0.513. The second-order valence-electron chi connectivity index (χ2n) is 2.80. The number of hydrogen-bond acceptors (Lipinski definition) is 6. The molecule has 0 aliphatic carbocycles. The topological polar surface area (TPSA) is 88.8 Å². The standard InChI is InChI=1S/C9H16N2O4/c1-3-14-8(12)5-7(11-10)6-9(13)15-4-2/h7,10H,3-6H2,1-2H3. The third kappa shape index (κ3) is 6.59. The minimum absolute atomic E-state index is 0.0594. The Hall–Kier alpha value is -1.46. The van der Waals surface area contributed by atoms with Gasteiger partial charge < -0.3 is 9.47 Å². The van der Waals surface area contributed by atoms with Crippen LogP contribution in [-0.4, -0.2) is 31.2 Å². The second kappa shape index (κ2) is 7.90. The van der Waals surface area contributed by atoms with Crippen molar-refractivity contribution in [1.82, 2.24) is 0 Å². The van der Waals surface area contributed by atoms with Gasteiger partial charge in [0.1, 0.15) is 0 Å². The lowest BCUT2D eigenvalue weighted by Crippen LogP contribution is -2.19. The van der Waals surface area contributed by atoms with Gasteiger partial charge in [0.2, 0.25) is 0 Å². The second-order valence-corrected chi connectivity index (χ2v) is 2.80.